The van der Waals surface area contributed by atoms with Gasteiger partial charge >= 0.3 is 6.09 Å². The van der Waals surface area contributed by atoms with Crippen molar-refractivity contribution in [3.05, 3.63) is 76.9 Å². The van der Waals surface area contributed by atoms with Gasteiger partial charge in [-0.2, -0.15) is 0 Å². The fourth-order valence-corrected chi connectivity index (χ4v) is 12.3. The van der Waals surface area contributed by atoms with Crippen LogP contribution in [0.4, 0.5) is 16.2 Å². The number of carbonyl (C=O) groups excluding carboxylic acids is 2. The van der Waals surface area contributed by atoms with Gasteiger partial charge in [-0.15, -0.1) is 0 Å². The van der Waals surface area contributed by atoms with E-state index < -0.39 is 45.5 Å². The minimum absolute atomic E-state index is 0.0781. The summed E-state index contributed by atoms with van der Waals surface area (Å²) in [5.74, 6) is 0.110. The van der Waals surface area contributed by atoms with Crippen molar-refractivity contribution in [3.8, 4) is 0 Å². The average Bonchev–Trinajstić information content (AvgIpc) is 3.61. The summed E-state index contributed by atoms with van der Waals surface area (Å²) in [6.07, 6.45) is 2.35. The second kappa shape index (κ2) is 12.7. The molecule has 11 nitrogen and oxygen atoms in total. The van der Waals surface area contributed by atoms with Gasteiger partial charge in [0.1, 0.15) is 6.61 Å². The molecule has 1 saturated heterocycles. The maximum absolute atomic E-state index is 14.1. The fourth-order valence-electron chi connectivity index (χ4n) is 7.79. The first-order valence-electron chi connectivity index (χ1n) is 15.7. The van der Waals surface area contributed by atoms with Crippen molar-refractivity contribution in [2.45, 2.75) is 81.1 Å². The van der Waals surface area contributed by atoms with Gasteiger partial charge in [-0.05, 0) is 55.4 Å². The molecule has 0 aromatic heterocycles. The summed E-state index contributed by atoms with van der Waals surface area (Å²) in [7, 11) is -7.13. The van der Waals surface area contributed by atoms with Crippen molar-refractivity contribution < 1.29 is 32.1 Å². The molecular formula is C32H41N3O8SSi. The number of nitrogens with zero attached hydrogens (tertiary/aromatic N) is 3. The number of nitro groups is 1. The van der Waals surface area contributed by atoms with Crippen LogP contribution in [0.5, 0.6) is 0 Å². The highest BCUT2D eigenvalue weighted by molar-refractivity contribution is 7.89. The Morgan fingerprint density at radius 1 is 1.13 bits per heavy atom. The predicted octanol–water partition coefficient (Wildman–Crippen LogP) is 6.36. The SMILES string of the molecule is C=CCOC(=O)N(CC[C@@]1(O[Si](CC)(CC)CC)c2ccccc2N2C(=O)C[C@@H]3CC[C@H]1[C@@H]32)S(=O)(=O)c1ccccc1[N+](=O)[O-]. The number of anilines is 1. The standard InChI is InChI=1S/C32H41N3O8SSi/c1-5-21-42-31(37)33(44(40,41)28-16-12-11-15-27(28)35(38)39)20-19-32(43-45(6-2,7-3)8-4)24-13-9-10-14-26(24)34-29(36)22-23-17-18-25(32)30(23)34/h5,9-16,23,25,30H,1,6-8,17-22H2,2-4H3/t23-,25-,30+,32+/m0/s1. The number of fused-ring (bicyclic) bond motifs is 2. The third-order valence-corrected chi connectivity index (χ3v) is 16.6. The molecule has 1 aliphatic carbocycles. The number of nitro benzene ring substituents is 1. The monoisotopic (exact) mass is 655 g/mol. The molecule has 2 aromatic carbocycles. The molecule has 2 fully saturated rings. The molecule has 5 rings (SSSR count). The molecule has 13 heteroatoms. The summed E-state index contributed by atoms with van der Waals surface area (Å²) >= 11 is 0. The molecule has 45 heavy (non-hydrogen) atoms. The number of para-hydroxylation sites is 2. The number of hydrogen-bond acceptors (Lipinski definition) is 8. The van der Waals surface area contributed by atoms with Crippen molar-refractivity contribution in [2.24, 2.45) is 11.8 Å². The molecule has 2 aromatic rings. The molecular weight excluding hydrogens is 615 g/mol. The summed E-state index contributed by atoms with van der Waals surface area (Å²) in [6, 6.07) is 15.1. The maximum Gasteiger partial charge on any atom is 0.424 e. The molecule has 242 valence electrons. The van der Waals surface area contributed by atoms with E-state index in [1.807, 2.05) is 29.2 Å². The Balaban J connectivity index is 1.67. The predicted molar refractivity (Wildman–Crippen MR) is 172 cm³/mol. The van der Waals surface area contributed by atoms with E-state index in [1.165, 1.54) is 18.2 Å². The van der Waals surface area contributed by atoms with E-state index in [2.05, 4.69) is 27.4 Å². The van der Waals surface area contributed by atoms with Gasteiger partial charge in [-0.25, -0.2) is 17.5 Å². The molecule has 0 spiro atoms. The zero-order valence-corrected chi connectivity index (χ0v) is 27.8. The van der Waals surface area contributed by atoms with Crippen molar-refractivity contribution in [1.82, 2.24) is 4.31 Å². The molecule has 0 bridgehead atoms. The minimum Gasteiger partial charge on any atom is -0.444 e. The molecule has 3 aliphatic rings. The lowest BCUT2D eigenvalue weighted by Gasteiger charge is -2.54. The average molecular weight is 656 g/mol. The first kappa shape index (κ1) is 32.8. The lowest BCUT2D eigenvalue weighted by molar-refractivity contribution is -0.387. The molecule has 2 aliphatic heterocycles. The number of carbonyl (C=O) groups is 2. The molecule has 2 heterocycles. The highest BCUT2D eigenvalue weighted by atomic mass is 32.2. The van der Waals surface area contributed by atoms with Crippen LogP contribution >= 0.6 is 0 Å². The van der Waals surface area contributed by atoms with E-state index in [-0.39, 0.29) is 43.4 Å². The lowest BCUT2D eigenvalue weighted by atomic mass is 9.72. The van der Waals surface area contributed by atoms with Crippen LogP contribution in [0.25, 0.3) is 0 Å². The summed E-state index contributed by atoms with van der Waals surface area (Å²) in [6.45, 7) is 9.35. The first-order chi connectivity index (χ1) is 21.5. The van der Waals surface area contributed by atoms with E-state index in [9.17, 15) is 28.1 Å². The Hall–Kier alpha value is -3.55. The highest BCUT2D eigenvalue weighted by Gasteiger charge is 2.62. The van der Waals surface area contributed by atoms with Gasteiger partial charge < -0.3 is 14.1 Å². The van der Waals surface area contributed by atoms with Crippen LogP contribution in [-0.4, -0.2) is 57.2 Å². The Morgan fingerprint density at radius 3 is 2.47 bits per heavy atom. The van der Waals surface area contributed by atoms with Gasteiger partial charge in [0.2, 0.25) is 5.91 Å². The number of hydrogen-bond donors (Lipinski definition) is 0. The van der Waals surface area contributed by atoms with Gasteiger partial charge in [0.05, 0.1) is 16.2 Å². The summed E-state index contributed by atoms with van der Waals surface area (Å²) in [5.41, 5.74) is -0.0554. The molecule has 0 unspecified atom stereocenters. The molecule has 4 atom stereocenters. The Labute approximate surface area is 265 Å². The lowest BCUT2D eigenvalue weighted by Crippen LogP contribution is -2.59. The molecule has 1 saturated carbocycles. The van der Waals surface area contributed by atoms with Gasteiger partial charge in [-0.1, -0.05) is 63.8 Å². The number of benzene rings is 2. The first-order valence-corrected chi connectivity index (χ1v) is 19.6. The Kier molecular flexibility index (Phi) is 9.25. The third-order valence-electron chi connectivity index (χ3n) is 10.1. The smallest absolute Gasteiger partial charge is 0.424 e. The van der Waals surface area contributed by atoms with Crippen LogP contribution in [0, 0.1) is 22.0 Å². The second-order valence-corrected chi connectivity index (χ2v) is 18.6. The maximum atomic E-state index is 14.1. The zero-order chi connectivity index (χ0) is 32.6. The van der Waals surface area contributed by atoms with Crippen LogP contribution in [0.15, 0.2) is 66.1 Å². The third kappa shape index (κ3) is 5.48. The van der Waals surface area contributed by atoms with Crippen molar-refractivity contribution in [1.29, 1.82) is 0 Å². The summed E-state index contributed by atoms with van der Waals surface area (Å²) in [5, 5.41) is 11.8. The summed E-state index contributed by atoms with van der Waals surface area (Å²) in [4.78, 5) is 39.2. The minimum atomic E-state index is -4.74. The number of rotatable bonds is 13. The zero-order valence-electron chi connectivity index (χ0n) is 26.0. The van der Waals surface area contributed by atoms with Crippen LogP contribution in [0.1, 0.15) is 52.0 Å². The molecule has 2 amide bonds. The van der Waals surface area contributed by atoms with E-state index >= 15 is 0 Å². The highest BCUT2D eigenvalue weighted by Crippen LogP contribution is 2.60. The van der Waals surface area contributed by atoms with Gasteiger partial charge in [0.15, 0.2) is 13.2 Å². The van der Waals surface area contributed by atoms with Crippen LogP contribution in [-0.2, 0) is 29.6 Å². The van der Waals surface area contributed by atoms with Crippen molar-refractivity contribution >= 4 is 41.7 Å². The van der Waals surface area contributed by atoms with E-state index in [0.29, 0.717) is 10.7 Å². The quantitative estimate of drug-likeness (QED) is 0.105. The van der Waals surface area contributed by atoms with E-state index in [0.717, 1.165) is 54.4 Å². The normalized spacial score (nSPS) is 23.8. The van der Waals surface area contributed by atoms with Gasteiger partial charge in [0, 0.05) is 36.6 Å². The fraction of sp³-hybridized carbons (Fsp3) is 0.500. The van der Waals surface area contributed by atoms with Gasteiger partial charge in [0.25, 0.3) is 15.7 Å². The van der Waals surface area contributed by atoms with Crippen LogP contribution in [0.3, 0.4) is 0 Å². The Morgan fingerprint density at radius 2 is 1.80 bits per heavy atom. The number of ether oxygens (including phenoxy) is 1. The van der Waals surface area contributed by atoms with Gasteiger partial charge in [-0.3, -0.25) is 14.9 Å². The topological polar surface area (TPSA) is 136 Å². The van der Waals surface area contributed by atoms with E-state index in [1.54, 1.807) is 0 Å². The van der Waals surface area contributed by atoms with Crippen molar-refractivity contribution in [2.75, 3.05) is 18.1 Å². The Bertz CT molecular complexity index is 1590. The van der Waals surface area contributed by atoms with Crippen LogP contribution in [0.2, 0.25) is 18.1 Å². The van der Waals surface area contributed by atoms with Crippen molar-refractivity contribution in [3.63, 3.8) is 0 Å². The largest absolute Gasteiger partial charge is 0.444 e. The molecule has 0 radical (unpaired) electrons. The second-order valence-electron chi connectivity index (χ2n) is 12.1. The van der Waals surface area contributed by atoms with Crippen LogP contribution < -0.4 is 4.90 Å². The van der Waals surface area contributed by atoms with E-state index in [4.69, 9.17) is 9.16 Å². The summed E-state index contributed by atoms with van der Waals surface area (Å²) < 4.78 is 41.6. The molecule has 0 N–H and O–H groups in total. The number of amides is 2. The number of sulfonamides is 1.